The highest BCUT2D eigenvalue weighted by molar-refractivity contribution is 9.10. The Morgan fingerprint density at radius 3 is 2.76 bits per heavy atom. The molecule has 1 aliphatic carbocycles. The van der Waals surface area contributed by atoms with E-state index in [9.17, 15) is 13.2 Å². The Kier molecular flexibility index (Phi) is 6.17. The highest BCUT2D eigenvalue weighted by Gasteiger charge is 2.44. The van der Waals surface area contributed by atoms with Crippen molar-refractivity contribution in [3.8, 4) is 11.6 Å². The minimum atomic E-state index is -4.24. The summed E-state index contributed by atoms with van der Waals surface area (Å²) in [5, 5.41) is 4.18. The summed E-state index contributed by atoms with van der Waals surface area (Å²) in [5.74, 6) is 1.61. The number of pyridine rings is 1. The molecule has 10 heteroatoms. The number of likely N-dealkylation sites (tertiary alicyclic amines) is 1. The third-order valence-electron chi connectivity index (χ3n) is 6.55. The van der Waals surface area contributed by atoms with Crippen LogP contribution in [0.1, 0.15) is 37.7 Å². The summed E-state index contributed by atoms with van der Waals surface area (Å²) >= 11 is 3.66. The van der Waals surface area contributed by atoms with Crippen LogP contribution in [0, 0.1) is 5.92 Å². The standard InChI is InChI=1S/C23H27BrF3N5O/c1-30-29-21-17(32(30)13-15-7-8-15)9-10-18(20(21)24)33-22-16(5-4-11-28-22)14-31-12-3-2-6-19(31)23(25,26)27/h4-5,9-11,15,19,29H,2-3,6-8,12-14H2,1H3. The highest BCUT2D eigenvalue weighted by Crippen LogP contribution is 2.46. The van der Waals surface area contributed by atoms with Gasteiger partial charge in [-0.25, -0.2) is 4.98 Å². The van der Waals surface area contributed by atoms with E-state index in [0.717, 1.165) is 34.7 Å². The fourth-order valence-electron chi connectivity index (χ4n) is 4.61. The number of aromatic nitrogens is 1. The SMILES string of the molecule is CN1Nc2c(ccc(Oc3ncccc3CN3CCCCC3C(F)(F)F)c2Br)N1CC1CC1. The smallest absolute Gasteiger partial charge is 0.404 e. The monoisotopic (exact) mass is 525 g/mol. The van der Waals surface area contributed by atoms with Crippen molar-refractivity contribution < 1.29 is 17.9 Å². The van der Waals surface area contributed by atoms with Gasteiger partial charge < -0.3 is 4.74 Å². The molecule has 5 rings (SSSR count). The molecule has 6 nitrogen and oxygen atoms in total. The van der Waals surface area contributed by atoms with Crippen LogP contribution < -0.4 is 15.2 Å². The van der Waals surface area contributed by atoms with Crippen LogP contribution in [0.5, 0.6) is 11.6 Å². The van der Waals surface area contributed by atoms with Gasteiger partial charge in [-0.05, 0) is 72.3 Å². The Bertz CT molecular complexity index is 1020. The number of benzene rings is 1. The molecule has 2 aromatic rings. The van der Waals surface area contributed by atoms with Crippen LogP contribution in [-0.2, 0) is 6.54 Å². The molecular weight excluding hydrogens is 499 g/mol. The van der Waals surface area contributed by atoms with Gasteiger partial charge >= 0.3 is 6.18 Å². The van der Waals surface area contributed by atoms with Crippen molar-refractivity contribution in [1.82, 2.24) is 15.0 Å². The van der Waals surface area contributed by atoms with Gasteiger partial charge in [0, 0.05) is 31.9 Å². The molecule has 1 N–H and O–H groups in total. The van der Waals surface area contributed by atoms with Crippen LogP contribution in [0.4, 0.5) is 24.5 Å². The third kappa shape index (κ3) is 4.79. The van der Waals surface area contributed by atoms with Crippen molar-refractivity contribution in [3.05, 3.63) is 40.5 Å². The zero-order valence-electron chi connectivity index (χ0n) is 18.4. The van der Waals surface area contributed by atoms with Gasteiger partial charge in [-0.15, -0.1) is 5.12 Å². The zero-order valence-corrected chi connectivity index (χ0v) is 20.0. The first-order valence-corrected chi connectivity index (χ1v) is 12.1. The number of nitrogens with zero attached hydrogens (tertiary/aromatic N) is 4. The van der Waals surface area contributed by atoms with E-state index in [0.29, 0.717) is 30.2 Å². The Hall–Kier alpha value is -2.04. The number of anilines is 2. The lowest BCUT2D eigenvalue weighted by Crippen LogP contribution is -2.48. The fraction of sp³-hybridized carbons (Fsp3) is 0.522. The average Bonchev–Trinajstić information content (AvgIpc) is 3.54. The summed E-state index contributed by atoms with van der Waals surface area (Å²) in [4.78, 5) is 5.84. The minimum absolute atomic E-state index is 0.132. The normalized spacial score (nSPS) is 21.7. The molecule has 2 aliphatic heterocycles. The third-order valence-corrected chi connectivity index (χ3v) is 7.34. The van der Waals surface area contributed by atoms with Crippen LogP contribution in [0.2, 0.25) is 0 Å². The summed E-state index contributed by atoms with van der Waals surface area (Å²) in [7, 11) is 1.97. The number of hydrogen-bond acceptors (Lipinski definition) is 6. The molecule has 2 fully saturated rings. The van der Waals surface area contributed by atoms with E-state index in [2.05, 4.69) is 31.3 Å². The lowest BCUT2D eigenvalue weighted by molar-refractivity contribution is -0.192. The number of hydrazine groups is 2. The van der Waals surface area contributed by atoms with Crippen molar-refractivity contribution in [2.24, 2.45) is 5.92 Å². The van der Waals surface area contributed by atoms with Crippen LogP contribution in [0.15, 0.2) is 34.9 Å². The molecule has 1 saturated carbocycles. The molecule has 33 heavy (non-hydrogen) atoms. The van der Waals surface area contributed by atoms with E-state index in [1.165, 1.54) is 17.7 Å². The second-order valence-electron chi connectivity index (χ2n) is 9.03. The van der Waals surface area contributed by atoms with Crippen LogP contribution in [0.25, 0.3) is 0 Å². The molecule has 1 aromatic carbocycles. The van der Waals surface area contributed by atoms with E-state index in [1.54, 1.807) is 18.3 Å². The number of nitrogens with one attached hydrogen (secondary N) is 1. The van der Waals surface area contributed by atoms with E-state index < -0.39 is 12.2 Å². The van der Waals surface area contributed by atoms with Crippen LogP contribution in [0.3, 0.4) is 0 Å². The molecule has 0 radical (unpaired) electrons. The summed E-state index contributed by atoms with van der Waals surface area (Å²) < 4.78 is 47.6. The molecule has 3 heterocycles. The first kappa shape index (κ1) is 22.7. The van der Waals surface area contributed by atoms with Gasteiger partial charge in [0.05, 0.1) is 15.8 Å². The molecule has 178 valence electrons. The number of alkyl halides is 3. The van der Waals surface area contributed by atoms with Crippen molar-refractivity contribution >= 4 is 27.3 Å². The number of fused-ring (bicyclic) bond motifs is 1. The Morgan fingerprint density at radius 1 is 1.18 bits per heavy atom. The molecule has 1 saturated heterocycles. The van der Waals surface area contributed by atoms with Crippen molar-refractivity contribution in [1.29, 1.82) is 0 Å². The summed E-state index contributed by atoms with van der Waals surface area (Å²) in [6.45, 7) is 1.52. The van der Waals surface area contributed by atoms with Gasteiger partial charge in [0.2, 0.25) is 5.88 Å². The minimum Gasteiger partial charge on any atom is -0.437 e. The van der Waals surface area contributed by atoms with Crippen molar-refractivity contribution in [2.75, 3.05) is 30.6 Å². The van der Waals surface area contributed by atoms with Crippen LogP contribution >= 0.6 is 15.9 Å². The van der Waals surface area contributed by atoms with Crippen LogP contribution in [-0.4, -0.2) is 47.4 Å². The molecule has 0 bridgehead atoms. The summed E-state index contributed by atoms with van der Waals surface area (Å²) in [6, 6.07) is 5.97. The summed E-state index contributed by atoms with van der Waals surface area (Å²) in [5.41, 5.74) is 5.96. The van der Waals surface area contributed by atoms with Gasteiger partial charge in [0.1, 0.15) is 11.8 Å². The molecular formula is C23H27BrF3N5O. The molecule has 1 atom stereocenters. The number of ether oxygens (including phenoxy) is 1. The number of rotatable bonds is 6. The average molecular weight is 526 g/mol. The van der Waals surface area contributed by atoms with Gasteiger partial charge in [0.25, 0.3) is 0 Å². The number of piperidine rings is 1. The van der Waals surface area contributed by atoms with E-state index >= 15 is 0 Å². The number of hydrogen-bond donors (Lipinski definition) is 1. The largest absolute Gasteiger partial charge is 0.437 e. The fourth-order valence-corrected chi connectivity index (χ4v) is 5.11. The van der Waals surface area contributed by atoms with E-state index in [1.807, 2.05) is 24.3 Å². The van der Waals surface area contributed by atoms with Gasteiger partial charge in [-0.1, -0.05) is 12.5 Å². The quantitative estimate of drug-likeness (QED) is 0.502. The maximum atomic E-state index is 13.6. The second kappa shape index (κ2) is 8.96. The lowest BCUT2D eigenvalue weighted by Gasteiger charge is -2.36. The first-order chi connectivity index (χ1) is 15.8. The number of halogens is 4. The Balaban J connectivity index is 1.37. The van der Waals surface area contributed by atoms with Gasteiger partial charge in [-0.3, -0.25) is 15.3 Å². The maximum absolute atomic E-state index is 13.6. The predicted molar refractivity (Wildman–Crippen MR) is 124 cm³/mol. The zero-order chi connectivity index (χ0) is 23.2. The topological polar surface area (TPSA) is 43.9 Å². The molecule has 3 aliphatic rings. The predicted octanol–water partition coefficient (Wildman–Crippen LogP) is 5.96. The lowest BCUT2D eigenvalue weighted by atomic mass is 10.0. The van der Waals surface area contributed by atoms with Crippen molar-refractivity contribution in [2.45, 2.75) is 50.9 Å². The Morgan fingerprint density at radius 2 is 2.00 bits per heavy atom. The molecule has 1 unspecified atom stereocenters. The van der Waals surface area contributed by atoms with E-state index in [4.69, 9.17) is 4.74 Å². The summed E-state index contributed by atoms with van der Waals surface area (Å²) in [6.07, 6.45) is 1.37. The van der Waals surface area contributed by atoms with E-state index in [-0.39, 0.29) is 13.0 Å². The second-order valence-corrected chi connectivity index (χ2v) is 9.82. The molecule has 0 amide bonds. The van der Waals surface area contributed by atoms with Gasteiger partial charge in [-0.2, -0.15) is 13.2 Å². The van der Waals surface area contributed by atoms with Crippen molar-refractivity contribution in [3.63, 3.8) is 0 Å². The Labute approximate surface area is 199 Å². The highest BCUT2D eigenvalue weighted by atomic mass is 79.9. The maximum Gasteiger partial charge on any atom is 0.404 e. The first-order valence-electron chi connectivity index (χ1n) is 11.3. The molecule has 0 spiro atoms. The molecule has 1 aromatic heterocycles. The van der Waals surface area contributed by atoms with Gasteiger partial charge in [0.15, 0.2) is 0 Å².